The topological polar surface area (TPSA) is 131 Å². The molecule has 3 aromatic rings. The van der Waals surface area contributed by atoms with E-state index >= 15 is 0 Å². The zero-order valence-electron chi connectivity index (χ0n) is 22.8. The molecule has 0 spiro atoms. The number of rotatable bonds is 10. The number of amides is 3. The Kier molecular flexibility index (Phi) is 8.91. The fraction of sp³-hybridized carbons (Fsp3) is 0.483. The molecule has 0 bridgehead atoms. The molecule has 4 heterocycles. The number of pyridine rings is 1. The van der Waals surface area contributed by atoms with Crippen LogP contribution in [0.15, 0.2) is 42.7 Å². The third-order valence-electron chi connectivity index (χ3n) is 7.75. The number of hydrogen-bond donors (Lipinski definition) is 2. The summed E-state index contributed by atoms with van der Waals surface area (Å²) >= 11 is 1.51. The molecular weight excluding hydrogens is 528 g/mol. The second-order valence-electron chi connectivity index (χ2n) is 10.6. The van der Waals surface area contributed by atoms with Gasteiger partial charge in [0, 0.05) is 32.3 Å². The van der Waals surface area contributed by atoms with Crippen LogP contribution in [0.25, 0.3) is 10.2 Å². The molecule has 2 aliphatic rings. The summed E-state index contributed by atoms with van der Waals surface area (Å²) in [4.78, 5) is 51.6. The lowest BCUT2D eigenvalue weighted by molar-refractivity contribution is -0.140. The Morgan fingerprint density at radius 3 is 2.67 bits per heavy atom. The number of aromatic nitrogens is 2. The summed E-state index contributed by atoms with van der Waals surface area (Å²) in [5.74, 6) is 0.421. The highest BCUT2D eigenvalue weighted by Gasteiger charge is 2.41. The van der Waals surface area contributed by atoms with E-state index in [4.69, 9.17) is 10.5 Å². The number of nitrogens with two attached hydrogens (primary N) is 1. The van der Waals surface area contributed by atoms with E-state index in [1.54, 1.807) is 24.4 Å². The molecule has 2 fully saturated rings. The third kappa shape index (κ3) is 6.59. The predicted molar refractivity (Wildman–Crippen MR) is 153 cm³/mol. The van der Waals surface area contributed by atoms with Crippen LogP contribution in [0.3, 0.4) is 0 Å². The largest absolute Gasteiger partial charge is 0.497 e. The van der Waals surface area contributed by atoms with Gasteiger partial charge in [-0.3, -0.25) is 19.4 Å². The number of benzene rings is 1. The fourth-order valence-corrected chi connectivity index (χ4v) is 6.46. The molecule has 2 aliphatic heterocycles. The smallest absolute Gasteiger partial charge is 0.243 e. The second kappa shape index (κ2) is 12.7. The molecule has 0 radical (unpaired) electrons. The van der Waals surface area contributed by atoms with Gasteiger partial charge in [0.25, 0.3) is 0 Å². The first kappa shape index (κ1) is 28.0. The van der Waals surface area contributed by atoms with Crippen LogP contribution < -0.4 is 15.8 Å². The van der Waals surface area contributed by atoms with Gasteiger partial charge in [0.15, 0.2) is 0 Å². The highest BCUT2D eigenvalue weighted by Crippen LogP contribution is 2.29. The number of nitrogens with zero attached hydrogens (tertiary/aromatic N) is 4. The van der Waals surface area contributed by atoms with E-state index in [2.05, 4.69) is 15.3 Å². The van der Waals surface area contributed by atoms with Crippen molar-refractivity contribution in [2.45, 2.75) is 57.2 Å². The zero-order chi connectivity index (χ0) is 28.1. The van der Waals surface area contributed by atoms with Gasteiger partial charge in [-0.25, -0.2) is 4.98 Å². The summed E-state index contributed by atoms with van der Waals surface area (Å²) < 4.78 is 6.27. The first-order valence-corrected chi connectivity index (χ1v) is 14.7. The molecule has 11 heteroatoms. The van der Waals surface area contributed by atoms with Gasteiger partial charge < -0.3 is 25.6 Å². The van der Waals surface area contributed by atoms with E-state index in [9.17, 15) is 14.4 Å². The van der Waals surface area contributed by atoms with Gasteiger partial charge in [-0.1, -0.05) is 12.1 Å². The van der Waals surface area contributed by atoms with Crippen LogP contribution in [-0.2, 0) is 27.3 Å². The lowest BCUT2D eigenvalue weighted by Crippen LogP contribution is -2.51. The minimum absolute atomic E-state index is 0.0416. The van der Waals surface area contributed by atoms with Gasteiger partial charge in [0.2, 0.25) is 17.7 Å². The molecule has 3 amide bonds. The quantitative estimate of drug-likeness (QED) is 0.387. The summed E-state index contributed by atoms with van der Waals surface area (Å²) in [6.07, 6.45) is 7.22. The highest BCUT2D eigenvalue weighted by atomic mass is 32.1. The van der Waals surface area contributed by atoms with Crippen molar-refractivity contribution in [3.8, 4) is 5.75 Å². The molecule has 0 unspecified atom stereocenters. The molecule has 0 saturated carbocycles. The number of fused-ring (bicyclic) bond motifs is 1. The predicted octanol–water partition coefficient (Wildman–Crippen LogP) is 2.51. The number of thiazole rings is 1. The molecule has 2 saturated heterocycles. The maximum atomic E-state index is 13.5. The maximum absolute atomic E-state index is 13.5. The monoisotopic (exact) mass is 564 g/mol. The minimum atomic E-state index is -0.835. The Balaban J connectivity index is 1.24. The van der Waals surface area contributed by atoms with Gasteiger partial charge >= 0.3 is 0 Å². The van der Waals surface area contributed by atoms with Crippen molar-refractivity contribution in [2.75, 3.05) is 26.7 Å². The van der Waals surface area contributed by atoms with E-state index < -0.39 is 12.1 Å². The molecule has 3 N–H and O–H groups in total. The van der Waals surface area contributed by atoms with Crippen molar-refractivity contribution in [2.24, 2.45) is 11.7 Å². The maximum Gasteiger partial charge on any atom is 0.243 e. The van der Waals surface area contributed by atoms with Crippen LogP contribution in [0.2, 0.25) is 0 Å². The molecule has 10 nitrogen and oxygen atoms in total. The van der Waals surface area contributed by atoms with Gasteiger partial charge in [-0.05, 0) is 61.8 Å². The van der Waals surface area contributed by atoms with Crippen LogP contribution in [0, 0.1) is 5.92 Å². The van der Waals surface area contributed by atoms with Crippen molar-refractivity contribution in [3.63, 3.8) is 0 Å². The molecule has 3 atom stereocenters. The number of likely N-dealkylation sites (tertiary alicyclic amines) is 2. The van der Waals surface area contributed by atoms with Gasteiger partial charge in [0.05, 0.1) is 36.1 Å². The lowest BCUT2D eigenvalue weighted by atomic mass is 9.96. The average Bonchev–Trinajstić information content (AvgIpc) is 3.74. The van der Waals surface area contributed by atoms with E-state index in [0.717, 1.165) is 58.9 Å². The summed E-state index contributed by atoms with van der Waals surface area (Å²) in [6.45, 7) is 2.25. The normalized spacial score (nSPS) is 19.6. The van der Waals surface area contributed by atoms with Gasteiger partial charge in [0.1, 0.15) is 16.8 Å². The Bertz CT molecular complexity index is 1310. The Labute approximate surface area is 237 Å². The summed E-state index contributed by atoms with van der Waals surface area (Å²) in [6, 6.07) is 8.28. The van der Waals surface area contributed by atoms with Crippen LogP contribution in [0.4, 0.5) is 0 Å². The molecule has 40 heavy (non-hydrogen) atoms. The Morgan fingerprint density at radius 2 is 1.95 bits per heavy atom. The first-order chi connectivity index (χ1) is 19.4. The SMILES string of the molecule is COc1ccc(C[C@@H]2C[C@@H](C(=O)NCc3nc4cnccc4s3)N(C(=O)[C@H](N)CCC(=O)N3CCCC3)C2)cc1. The van der Waals surface area contributed by atoms with Gasteiger partial charge in [-0.15, -0.1) is 11.3 Å². The molecule has 0 aliphatic carbocycles. The average molecular weight is 565 g/mol. The molecule has 212 valence electrons. The van der Waals surface area contributed by atoms with Crippen LogP contribution in [-0.4, -0.2) is 76.3 Å². The van der Waals surface area contributed by atoms with Crippen molar-refractivity contribution < 1.29 is 19.1 Å². The summed E-state index contributed by atoms with van der Waals surface area (Å²) in [7, 11) is 1.63. The number of nitrogens with one attached hydrogen (secondary N) is 1. The lowest BCUT2D eigenvalue weighted by Gasteiger charge is -2.27. The molecule has 5 rings (SSSR count). The minimum Gasteiger partial charge on any atom is -0.497 e. The molecule has 1 aromatic carbocycles. The summed E-state index contributed by atoms with van der Waals surface area (Å²) in [5, 5.41) is 3.77. The number of ether oxygens (including phenoxy) is 1. The van der Waals surface area contributed by atoms with Crippen molar-refractivity contribution in [1.82, 2.24) is 25.1 Å². The highest BCUT2D eigenvalue weighted by molar-refractivity contribution is 7.18. The Morgan fingerprint density at radius 1 is 1.18 bits per heavy atom. The Hall–Kier alpha value is -3.57. The standard InChI is InChI=1S/C29H36N6O4S/c1-39-21-6-4-19(5-7-21)14-20-15-24(28(37)32-17-26-33-23-16-31-11-10-25(23)40-26)35(18-20)29(38)22(30)8-9-27(36)34-12-2-3-13-34/h4-7,10-11,16,20,22,24H,2-3,8-9,12-15,17-18,30H2,1H3,(H,32,37)/t20-,22-,24+/m1/s1. The molecule has 2 aromatic heterocycles. The first-order valence-electron chi connectivity index (χ1n) is 13.8. The van der Waals surface area contributed by atoms with E-state index in [-0.39, 0.29) is 43.0 Å². The number of carbonyl (C=O) groups is 3. The van der Waals surface area contributed by atoms with Crippen molar-refractivity contribution >= 4 is 39.3 Å². The zero-order valence-corrected chi connectivity index (χ0v) is 23.6. The van der Waals surface area contributed by atoms with Crippen LogP contribution in [0.5, 0.6) is 5.75 Å². The van der Waals surface area contributed by atoms with E-state index in [1.807, 2.05) is 35.2 Å². The van der Waals surface area contributed by atoms with E-state index in [1.165, 1.54) is 11.3 Å². The van der Waals surface area contributed by atoms with Crippen LogP contribution >= 0.6 is 11.3 Å². The number of carbonyl (C=O) groups excluding carboxylic acids is 3. The second-order valence-corrected chi connectivity index (χ2v) is 11.7. The number of methoxy groups -OCH3 is 1. The van der Waals surface area contributed by atoms with Crippen molar-refractivity contribution in [1.29, 1.82) is 0 Å². The molecular formula is C29H36N6O4S. The van der Waals surface area contributed by atoms with E-state index in [0.29, 0.717) is 13.0 Å². The van der Waals surface area contributed by atoms with Gasteiger partial charge in [-0.2, -0.15) is 0 Å². The number of hydrogen-bond acceptors (Lipinski definition) is 8. The van der Waals surface area contributed by atoms with Crippen molar-refractivity contribution in [3.05, 3.63) is 53.3 Å². The fourth-order valence-electron chi connectivity index (χ4n) is 5.58. The third-order valence-corrected chi connectivity index (χ3v) is 8.79. The van der Waals surface area contributed by atoms with Crippen LogP contribution in [0.1, 0.15) is 42.7 Å². The summed E-state index contributed by atoms with van der Waals surface area (Å²) in [5.41, 5.74) is 8.23.